The van der Waals surface area contributed by atoms with E-state index in [1.807, 2.05) is 0 Å². The van der Waals surface area contributed by atoms with Gasteiger partial charge in [-0.3, -0.25) is 14.6 Å². The van der Waals surface area contributed by atoms with Crippen molar-refractivity contribution in [3.63, 3.8) is 0 Å². The summed E-state index contributed by atoms with van der Waals surface area (Å²) in [6, 6.07) is 1.15. The largest absolute Gasteiger partial charge is 0.481 e. The first-order chi connectivity index (χ1) is 9.06. The zero-order chi connectivity index (χ0) is 13.8. The van der Waals surface area contributed by atoms with E-state index in [0.717, 1.165) is 25.1 Å². The molecule has 0 spiro atoms. The second kappa shape index (κ2) is 5.77. The van der Waals surface area contributed by atoms with Crippen molar-refractivity contribution in [1.29, 1.82) is 0 Å². The van der Waals surface area contributed by atoms with E-state index in [4.69, 9.17) is 5.11 Å². The Hall–Kier alpha value is -1.98. The van der Waals surface area contributed by atoms with E-state index < -0.39 is 11.8 Å². The third kappa shape index (κ3) is 3.49. The van der Waals surface area contributed by atoms with Crippen molar-refractivity contribution in [2.24, 2.45) is 5.92 Å². The van der Waals surface area contributed by atoms with E-state index in [9.17, 15) is 14.0 Å². The standard InChI is InChI=1S/C13H15FN2O3/c14-11-5-10(6-15-7-11)13(19)16-3-1-2-9(8-16)4-12(17)18/h5-7,9H,1-4,8H2,(H,17,18). The molecule has 2 rings (SSSR count). The fourth-order valence-electron chi connectivity index (χ4n) is 2.37. The van der Waals surface area contributed by atoms with Crippen molar-refractivity contribution in [3.8, 4) is 0 Å². The molecular formula is C13H15FN2O3. The number of hydrogen-bond acceptors (Lipinski definition) is 3. The molecule has 1 saturated heterocycles. The lowest BCUT2D eigenvalue weighted by molar-refractivity contribution is -0.138. The molecule has 102 valence electrons. The molecule has 1 aromatic rings. The predicted octanol–water partition coefficient (Wildman–Crippen LogP) is 1.55. The molecular weight excluding hydrogens is 251 g/mol. The van der Waals surface area contributed by atoms with Gasteiger partial charge < -0.3 is 10.0 Å². The highest BCUT2D eigenvalue weighted by atomic mass is 19.1. The number of halogens is 1. The van der Waals surface area contributed by atoms with Crippen LogP contribution in [0.2, 0.25) is 0 Å². The maximum absolute atomic E-state index is 13.0. The third-order valence-corrected chi connectivity index (χ3v) is 3.22. The first kappa shape index (κ1) is 13.5. The van der Waals surface area contributed by atoms with Gasteiger partial charge >= 0.3 is 5.97 Å². The highest BCUT2D eigenvalue weighted by molar-refractivity contribution is 5.94. The van der Waals surface area contributed by atoms with E-state index in [-0.39, 0.29) is 23.8 Å². The van der Waals surface area contributed by atoms with Gasteiger partial charge in [0.2, 0.25) is 0 Å². The first-order valence-electron chi connectivity index (χ1n) is 6.18. The SMILES string of the molecule is O=C(O)CC1CCCN(C(=O)c2cncc(F)c2)C1. The van der Waals surface area contributed by atoms with Crippen LogP contribution in [-0.2, 0) is 4.79 Å². The highest BCUT2D eigenvalue weighted by Crippen LogP contribution is 2.21. The summed E-state index contributed by atoms with van der Waals surface area (Å²) >= 11 is 0. The zero-order valence-electron chi connectivity index (χ0n) is 10.4. The molecule has 1 N–H and O–H groups in total. The molecule has 1 unspecified atom stereocenters. The summed E-state index contributed by atoms with van der Waals surface area (Å²) in [5.41, 5.74) is 0.205. The van der Waals surface area contributed by atoms with E-state index in [2.05, 4.69) is 4.98 Å². The molecule has 6 heteroatoms. The number of pyridine rings is 1. The van der Waals surface area contributed by atoms with E-state index in [1.54, 1.807) is 4.90 Å². The third-order valence-electron chi connectivity index (χ3n) is 3.22. The average Bonchev–Trinajstić information content (AvgIpc) is 2.37. The van der Waals surface area contributed by atoms with Crippen LogP contribution in [0.25, 0.3) is 0 Å². The minimum Gasteiger partial charge on any atom is -0.481 e. The van der Waals surface area contributed by atoms with E-state index in [0.29, 0.717) is 13.1 Å². The molecule has 0 radical (unpaired) electrons. The number of amides is 1. The van der Waals surface area contributed by atoms with Gasteiger partial charge in [-0.15, -0.1) is 0 Å². The Morgan fingerprint density at radius 1 is 1.47 bits per heavy atom. The number of likely N-dealkylation sites (tertiary alicyclic amines) is 1. The number of carbonyl (C=O) groups is 2. The van der Waals surface area contributed by atoms with E-state index >= 15 is 0 Å². The lowest BCUT2D eigenvalue weighted by Crippen LogP contribution is -2.40. The molecule has 5 nitrogen and oxygen atoms in total. The van der Waals surface area contributed by atoms with Gasteiger partial charge in [-0.05, 0) is 24.8 Å². The molecule has 1 fully saturated rings. The number of rotatable bonds is 3. The maximum atomic E-state index is 13.0. The van der Waals surface area contributed by atoms with Crippen LogP contribution >= 0.6 is 0 Å². The highest BCUT2D eigenvalue weighted by Gasteiger charge is 2.26. The molecule has 1 aromatic heterocycles. The summed E-state index contributed by atoms with van der Waals surface area (Å²) in [6.07, 6.45) is 4.00. The Morgan fingerprint density at radius 3 is 2.95 bits per heavy atom. The lowest BCUT2D eigenvalue weighted by Gasteiger charge is -2.32. The molecule has 1 atom stereocenters. The molecule has 0 saturated carbocycles. The Balaban J connectivity index is 2.04. The normalized spacial score (nSPS) is 19.2. The summed E-state index contributed by atoms with van der Waals surface area (Å²) in [5, 5.41) is 8.78. The summed E-state index contributed by atoms with van der Waals surface area (Å²) < 4.78 is 13.0. The molecule has 19 heavy (non-hydrogen) atoms. The number of carboxylic acids is 1. The molecule has 2 heterocycles. The van der Waals surface area contributed by atoms with Crippen LogP contribution in [0, 0.1) is 11.7 Å². The summed E-state index contributed by atoms with van der Waals surface area (Å²) in [4.78, 5) is 28.1. The van der Waals surface area contributed by atoms with Gasteiger partial charge in [0, 0.05) is 25.7 Å². The minimum absolute atomic E-state index is 0.0308. The predicted molar refractivity (Wildman–Crippen MR) is 65.1 cm³/mol. The topological polar surface area (TPSA) is 70.5 Å². The fraction of sp³-hybridized carbons (Fsp3) is 0.462. The van der Waals surface area contributed by atoms with Crippen molar-refractivity contribution in [2.45, 2.75) is 19.3 Å². The van der Waals surface area contributed by atoms with Crippen molar-refractivity contribution in [1.82, 2.24) is 9.88 Å². The summed E-state index contributed by atoms with van der Waals surface area (Å²) in [5.74, 6) is -1.73. The molecule has 0 aliphatic carbocycles. The molecule has 0 aromatic carbocycles. The molecule has 1 aliphatic heterocycles. The van der Waals surface area contributed by atoms with Crippen LogP contribution in [0.5, 0.6) is 0 Å². The van der Waals surface area contributed by atoms with Gasteiger partial charge in [0.25, 0.3) is 5.91 Å². The monoisotopic (exact) mass is 266 g/mol. The summed E-state index contributed by atoms with van der Waals surface area (Å²) in [6.45, 7) is 0.979. The minimum atomic E-state index is -0.855. The van der Waals surface area contributed by atoms with Crippen molar-refractivity contribution in [3.05, 3.63) is 29.8 Å². The van der Waals surface area contributed by atoms with Crippen molar-refractivity contribution in [2.75, 3.05) is 13.1 Å². The smallest absolute Gasteiger partial charge is 0.303 e. The van der Waals surface area contributed by atoms with Gasteiger partial charge in [0.05, 0.1) is 11.8 Å². The first-order valence-corrected chi connectivity index (χ1v) is 6.18. The van der Waals surface area contributed by atoms with Gasteiger partial charge in [0.15, 0.2) is 0 Å². The Labute approximate surface area is 110 Å². The van der Waals surface area contributed by atoms with Gasteiger partial charge in [0.1, 0.15) is 5.82 Å². The number of carboxylic acid groups (broad SMARTS) is 1. The number of aromatic nitrogens is 1. The summed E-state index contributed by atoms with van der Waals surface area (Å²) in [7, 11) is 0. The van der Waals surface area contributed by atoms with Crippen LogP contribution in [-0.4, -0.2) is 40.0 Å². The quantitative estimate of drug-likeness (QED) is 0.901. The Bertz CT molecular complexity index is 493. The Kier molecular flexibility index (Phi) is 4.09. The zero-order valence-corrected chi connectivity index (χ0v) is 10.4. The van der Waals surface area contributed by atoms with Crippen molar-refractivity contribution < 1.29 is 19.1 Å². The number of nitrogens with zero attached hydrogens (tertiary/aromatic N) is 2. The lowest BCUT2D eigenvalue weighted by atomic mass is 9.94. The number of piperidine rings is 1. The van der Waals surface area contributed by atoms with Crippen molar-refractivity contribution >= 4 is 11.9 Å². The van der Waals surface area contributed by atoms with Crippen LogP contribution < -0.4 is 0 Å². The molecule has 1 aliphatic rings. The Morgan fingerprint density at radius 2 is 2.26 bits per heavy atom. The van der Waals surface area contributed by atoms with Crippen LogP contribution in [0.3, 0.4) is 0 Å². The average molecular weight is 266 g/mol. The van der Waals surface area contributed by atoms with Gasteiger partial charge in [-0.25, -0.2) is 4.39 Å². The van der Waals surface area contributed by atoms with E-state index in [1.165, 1.54) is 6.20 Å². The number of hydrogen-bond donors (Lipinski definition) is 1. The molecule has 0 bridgehead atoms. The van der Waals surface area contributed by atoms with Crippen LogP contribution in [0.15, 0.2) is 18.5 Å². The number of aliphatic carboxylic acids is 1. The number of carbonyl (C=O) groups excluding carboxylic acids is 1. The van der Waals surface area contributed by atoms with Crippen LogP contribution in [0.1, 0.15) is 29.6 Å². The van der Waals surface area contributed by atoms with Gasteiger partial charge in [-0.2, -0.15) is 0 Å². The molecule has 1 amide bonds. The van der Waals surface area contributed by atoms with Crippen LogP contribution in [0.4, 0.5) is 4.39 Å². The fourth-order valence-corrected chi connectivity index (χ4v) is 2.37. The van der Waals surface area contributed by atoms with Gasteiger partial charge in [-0.1, -0.05) is 0 Å². The second-order valence-corrected chi connectivity index (χ2v) is 4.75. The maximum Gasteiger partial charge on any atom is 0.303 e. The second-order valence-electron chi connectivity index (χ2n) is 4.75.